The highest BCUT2D eigenvalue weighted by atomic mass is 28.1. The van der Waals surface area contributed by atoms with Gasteiger partial charge in [-0.1, -0.05) is 30.3 Å². The van der Waals surface area contributed by atoms with Crippen molar-refractivity contribution in [3.05, 3.63) is 35.9 Å². The zero-order valence-corrected chi connectivity index (χ0v) is 7.30. The zero-order valence-electron chi connectivity index (χ0n) is 7.30. The maximum atomic E-state index is 10.9. The highest BCUT2D eigenvalue weighted by Gasteiger charge is 2.28. The summed E-state index contributed by atoms with van der Waals surface area (Å²) in [5.74, 6) is -1.09. The quantitative estimate of drug-likeness (QED) is 0.374. The molecule has 1 aromatic rings. The van der Waals surface area contributed by atoms with E-state index < -0.39 is 18.2 Å². The first kappa shape index (κ1) is 11.5. The smallest absolute Gasteiger partial charge is 0.320 e. The van der Waals surface area contributed by atoms with Crippen LogP contribution in [-0.2, 0) is 19.1 Å². The monoisotopic (exact) mass is 224 g/mol. The van der Waals surface area contributed by atoms with E-state index in [1.54, 1.807) is 24.3 Å². The summed E-state index contributed by atoms with van der Waals surface area (Å²) in [6.07, 6.45) is -1.19. The second-order valence-corrected chi connectivity index (χ2v) is 2.90. The van der Waals surface area contributed by atoms with Crippen LogP contribution in [0.15, 0.2) is 30.3 Å². The van der Waals surface area contributed by atoms with Crippen molar-refractivity contribution in [2.45, 2.75) is 12.7 Å². The van der Waals surface area contributed by atoms with E-state index in [0.717, 1.165) is 0 Å². The fourth-order valence-electron chi connectivity index (χ4n) is 1.21. The molecular weight excluding hydrogens is 212 g/mol. The van der Waals surface area contributed by atoms with Crippen LogP contribution in [0.2, 0.25) is 0 Å². The van der Waals surface area contributed by atoms with Crippen LogP contribution in [0.3, 0.4) is 0 Å². The van der Waals surface area contributed by atoms with Crippen LogP contribution in [-0.4, -0.2) is 22.9 Å². The molecule has 0 aliphatic carbocycles. The van der Waals surface area contributed by atoms with Crippen LogP contribution in [0.4, 0.5) is 0 Å². The van der Waals surface area contributed by atoms with Gasteiger partial charge in [0, 0.05) is 5.56 Å². The average molecular weight is 224 g/mol. The van der Waals surface area contributed by atoms with Gasteiger partial charge in [-0.3, -0.25) is 9.59 Å². The summed E-state index contributed by atoms with van der Waals surface area (Å²) in [5.41, 5.74) is 0.661. The topological polar surface area (TPSA) is 52.6 Å². The Morgan fingerprint density at radius 1 is 1.00 bits per heavy atom. The molecule has 0 amide bonds. The minimum Gasteiger partial charge on any atom is -0.420 e. The number of esters is 2. The third-order valence-corrected chi connectivity index (χ3v) is 1.84. The minimum atomic E-state index is -0.884. The number of carbonyl (C=O) groups is 2. The molecule has 15 heavy (non-hydrogen) atoms. The first-order chi connectivity index (χ1) is 6.75. The Kier molecular flexibility index (Phi) is 3.62. The molecule has 1 heterocycles. The van der Waals surface area contributed by atoms with Gasteiger partial charge in [-0.15, -0.1) is 0 Å². The van der Waals surface area contributed by atoms with Crippen molar-refractivity contribution < 1.29 is 19.1 Å². The summed E-state index contributed by atoms with van der Waals surface area (Å²) < 4.78 is 9.72. The van der Waals surface area contributed by atoms with Gasteiger partial charge < -0.3 is 9.47 Å². The van der Waals surface area contributed by atoms with Gasteiger partial charge in [0.15, 0.2) is 0 Å². The molecule has 5 heteroatoms. The standard InChI is InChI=1S/C10H8O4.H4Si/c11-8-6-9(12)14-10(13-8)7-4-2-1-3-5-7;/h1-5,10H,6H2;1H4. The number of hydrogen-bond donors (Lipinski definition) is 0. The molecule has 0 spiro atoms. The Bertz CT molecular complexity index is 347. The van der Waals surface area contributed by atoms with Gasteiger partial charge in [0.05, 0.1) is 0 Å². The summed E-state index contributed by atoms with van der Waals surface area (Å²) >= 11 is 0. The lowest BCUT2D eigenvalue weighted by Gasteiger charge is -2.22. The normalized spacial score (nSPS) is 16.3. The average Bonchev–Trinajstić information content (AvgIpc) is 2.18. The van der Waals surface area contributed by atoms with E-state index in [1.807, 2.05) is 6.07 Å². The van der Waals surface area contributed by atoms with Gasteiger partial charge in [0.1, 0.15) is 6.42 Å². The molecule has 1 aliphatic rings. The lowest BCUT2D eigenvalue weighted by molar-refractivity contribution is -0.204. The third kappa shape index (κ3) is 2.66. The fraction of sp³-hybridized carbons (Fsp3) is 0.200. The van der Waals surface area contributed by atoms with Crippen LogP contribution < -0.4 is 0 Å². The second kappa shape index (κ2) is 4.74. The molecule has 1 aliphatic heterocycles. The molecule has 0 atom stereocenters. The lowest BCUT2D eigenvalue weighted by Crippen LogP contribution is -2.26. The number of rotatable bonds is 1. The van der Waals surface area contributed by atoms with Crippen LogP contribution in [0.5, 0.6) is 0 Å². The SMILES string of the molecule is O=C1CC(=O)OC(c2ccccc2)O1.[SiH4]. The van der Waals surface area contributed by atoms with Crippen LogP contribution in [0.25, 0.3) is 0 Å². The molecule has 0 N–H and O–H groups in total. The van der Waals surface area contributed by atoms with Crippen molar-refractivity contribution in [2.75, 3.05) is 0 Å². The maximum absolute atomic E-state index is 10.9. The third-order valence-electron chi connectivity index (χ3n) is 1.84. The Morgan fingerprint density at radius 2 is 1.53 bits per heavy atom. The van der Waals surface area contributed by atoms with Crippen molar-refractivity contribution in [2.24, 2.45) is 0 Å². The molecule has 1 aromatic carbocycles. The molecule has 0 aromatic heterocycles. The Morgan fingerprint density at radius 3 is 2.07 bits per heavy atom. The highest BCUT2D eigenvalue weighted by molar-refractivity contribution is 5.92. The van der Waals surface area contributed by atoms with E-state index in [4.69, 9.17) is 9.47 Å². The summed E-state index contributed by atoms with van der Waals surface area (Å²) in [6.45, 7) is 0. The van der Waals surface area contributed by atoms with Crippen LogP contribution >= 0.6 is 0 Å². The molecule has 2 rings (SSSR count). The molecule has 0 bridgehead atoms. The van der Waals surface area contributed by atoms with Gasteiger partial charge in [-0.05, 0) is 11.0 Å². The summed E-state index contributed by atoms with van der Waals surface area (Å²) in [4.78, 5) is 21.9. The highest BCUT2D eigenvalue weighted by Crippen LogP contribution is 2.23. The second-order valence-electron chi connectivity index (χ2n) is 2.90. The summed E-state index contributed by atoms with van der Waals surface area (Å²) in [7, 11) is 0. The van der Waals surface area contributed by atoms with Gasteiger partial charge in [-0.25, -0.2) is 0 Å². The predicted molar refractivity (Wildman–Crippen MR) is 57.3 cm³/mol. The largest absolute Gasteiger partial charge is 0.420 e. The molecule has 1 saturated heterocycles. The molecule has 4 nitrogen and oxygen atoms in total. The summed E-state index contributed by atoms with van der Waals surface area (Å²) in [5, 5.41) is 0. The minimum absolute atomic E-state index is 0. The zero-order chi connectivity index (χ0) is 9.97. The summed E-state index contributed by atoms with van der Waals surface area (Å²) in [6, 6.07) is 8.86. The molecule has 0 saturated carbocycles. The van der Waals surface area contributed by atoms with Crippen LogP contribution in [0, 0.1) is 0 Å². The Hall–Kier alpha value is -1.62. The van der Waals surface area contributed by atoms with E-state index in [1.165, 1.54) is 0 Å². The van der Waals surface area contributed by atoms with Crippen molar-refractivity contribution >= 4 is 22.9 Å². The lowest BCUT2D eigenvalue weighted by atomic mass is 10.2. The maximum Gasteiger partial charge on any atom is 0.320 e. The number of cyclic esters (lactones) is 2. The van der Waals surface area contributed by atoms with Crippen molar-refractivity contribution in [3.63, 3.8) is 0 Å². The van der Waals surface area contributed by atoms with Gasteiger partial charge in [0.25, 0.3) is 6.29 Å². The Balaban J connectivity index is 0.00000112. The van der Waals surface area contributed by atoms with Crippen molar-refractivity contribution in [3.8, 4) is 0 Å². The number of ether oxygens (including phenoxy) is 2. The van der Waals surface area contributed by atoms with E-state index in [-0.39, 0.29) is 17.4 Å². The number of hydrogen-bond acceptors (Lipinski definition) is 4. The fourth-order valence-corrected chi connectivity index (χ4v) is 1.21. The first-order valence-electron chi connectivity index (χ1n) is 4.19. The van der Waals surface area contributed by atoms with Crippen molar-refractivity contribution in [1.29, 1.82) is 0 Å². The molecule has 80 valence electrons. The number of carbonyl (C=O) groups excluding carboxylic acids is 2. The Labute approximate surface area is 91.2 Å². The molecule has 0 unspecified atom stereocenters. The molecular formula is C10H12O4Si. The van der Waals surface area contributed by atoms with Gasteiger partial charge in [-0.2, -0.15) is 0 Å². The van der Waals surface area contributed by atoms with E-state index >= 15 is 0 Å². The first-order valence-corrected chi connectivity index (χ1v) is 4.19. The van der Waals surface area contributed by atoms with Gasteiger partial charge >= 0.3 is 11.9 Å². The van der Waals surface area contributed by atoms with Gasteiger partial charge in [0.2, 0.25) is 0 Å². The number of benzene rings is 1. The van der Waals surface area contributed by atoms with E-state index in [9.17, 15) is 9.59 Å². The van der Waals surface area contributed by atoms with Crippen molar-refractivity contribution in [1.82, 2.24) is 0 Å². The van der Waals surface area contributed by atoms with Crippen LogP contribution in [0.1, 0.15) is 18.3 Å². The van der Waals surface area contributed by atoms with E-state index in [2.05, 4.69) is 0 Å². The predicted octanol–water partition coefficient (Wildman–Crippen LogP) is -0.276. The molecule has 1 fully saturated rings. The molecule has 0 radical (unpaired) electrons. The van der Waals surface area contributed by atoms with E-state index in [0.29, 0.717) is 5.56 Å².